The predicted molar refractivity (Wildman–Crippen MR) is 81.1 cm³/mol. The third kappa shape index (κ3) is 4.60. The molecule has 2 aromatic rings. The number of halogens is 3. The highest BCUT2D eigenvalue weighted by Gasteiger charge is 2.11. The second-order valence-electron chi connectivity index (χ2n) is 4.22. The van der Waals surface area contributed by atoms with Crippen LogP contribution < -0.4 is 14.8 Å². The average Bonchev–Trinajstić information content (AvgIpc) is 2.46. The van der Waals surface area contributed by atoms with Crippen molar-refractivity contribution in [1.29, 1.82) is 0 Å². The molecule has 0 radical (unpaired) electrons. The van der Waals surface area contributed by atoms with Crippen LogP contribution in [0.1, 0.15) is 5.56 Å². The molecule has 0 unspecified atom stereocenters. The predicted octanol–water partition coefficient (Wildman–Crippen LogP) is 4.67. The molecule has 0 aliphatic carbocycles. The van der Waals surface area contributed by atoms with Crippen LogP contribution in [0.15, 0.2) is 46.9 Å². The quantitative estimate of drug-likeness (QED) is 0.814. The molecule has 0 saturated heterocycles. The van der Waals surface area contributed by atoms with E-state index in [0.717, 1.165) is 15.7 Å². The van der Waals surface area contributed by atoms with Gasteiger partial charge in [-0.2, -0.15) is 8.78 Å². The molecule has 0 atom stereocenters. The van der Waals surface area contributed by atoms with Crippen molar-refractivity contribution in [2.24, 2.45) is 0 Å². The summed E-state index contributed by atoms with van der Waals surface area (Å²) in [7, 11) is 1.41. The average molecular weight is 358 g/mol. The number of hydrogen-bond acceptors (Lipinski definition) is 3. The van der Waals surface area contributed by atoms with Crippen molar-refractivity contribution < 1.29 is 18.3 Å². The van der Waals surface area contributed by atoms with Gasteiger partial charge in [-0.1, -0.05) is 22.0 Å². The summed E-state index contributed by atoms with van der Waals surface area (Å²) in [5.41, 5.74) is 1.75. The van der Waals surface area contributed by atoms with Gasteiger partial charge in [-0.3, -0.25) is 0 Å². The van der Waals surface area contributed by atoms with E-state index in [-0.39, 0.29) is 11.5 Å². The highest BCUT2D eigenvalue weighted by molar-refractivity contribution is 9.10. The third-order valence-corrected chi connectivity index (χ3v) is 3.31. The lowest BCUT2D eigenvalue weighted by atomic mass is 10.2. The van der Waals surface area contributed by atoms with E-state index in [1.807, 2.05) is 24.3 Å². The van der Waals surface area contributed by atoms with Gasteiger partial charge in [0.2, 0.25) is 0 Å². The van der Waals surface area contributed by atoms with Crippen LogP contribution in [0, 0.1) is 0 Å². The van der Waals surface area contributed by atoms with Crippen molar-refractivity contribution in [2.75, 3.05) is 12.4 Å². The summed E-state index contributed by atoms with van der Waals surface area (Å²) in [6.45, 7) is -2.39. The first kappa shape index (κ1) is 15.6. The van der Waals surface area contributed by atoms with Crippen molar-refractivity contribution >= 4 is 21.6 Å². The molecule has 2 rings (SSSR count). The number of hydrogen-bond donors (Lipinski definition) is 1. The zero-order valence-electron chi connectivity index (χ0n) is 11.3. The van der Waals surface area contributed by atoms with Crippen LogP contribution in [0.25, 0.3) is 0 Å². The molecule has 2 aromatic carbocycles. The molecule has 0 fully saturated rings. The maximum atomic E-state index is 12.4. The molecule has 0 amide bonds. The van der Waals surface area contributed by atoms with E-state index < -0.39 is 6.61 Å². The van der Waals surface area contributed by atoms with E-state index in [9.17, 15) is 8.78 Å². The second kappa shape index (κ2) is 7.26. The molecule has 21 heavy (non-hydrogen) atoms. The van der Waals surface area contributed by atoms with Crippen LogP contribution in [0.4, 0.5) is 14.5 Å². The Morgan fingerprint density at radius 1 is 1.10 bits per heavy atom. The first-order valence-electron chi connectivity index (χ1n) is 6.19. The van der Waals surface area contributed by atoms with Crippen molar-refractivity contribution in [3.8, 4) is 11.5 Å². The molecule has 0 bridgehead atoms. The number of benzene rings is 2. The summed E-state index contributed by atoms with van der Waals surface area (Å²) in [6, 6.07) is 12.6. The minimum atomic E-state index is -2.88. The minimum Gasteiger partial charge on any atom is -0.493 e. The van der Waals surface area contributed by atoms with E-state index in [4.69, 9.17) is 4.74 Å². The Morgan fingerprint density at radius 2 is 1.81 bits per heavy atom. The summed E-state index contributed by atoms with van der Waals surface area (Å²) in [5.74, 6) is 0.310. The first-order chi connectivity index (χ1) is 10.1. The maximum absolute atomic E-state index is 12.4. The van der Waals surface area contributed by atoms with E-state index in [0.29, 0.717) is 6.54 Å². The fourth-order valence-corrected chi connectivity index (χ4v) is 2.06. The number of nitrogens with one attached hydrogen (secondary N) is 1. The van der Waals surface area contributed by atoms with Crippen molar-refractivity contribution in [1.82, 2.24) is 0 Å². The van der Waals surface area contributed by atoms with Crippen LogP contribution in [-0.2, 0) is 6.54 Å². The lowest BCUT2D eigenvalue weighted by Crippen LogP contribution is -2.05. The number of alkyl halides is 2. The van der Waals surface area contributed by atoms with Crippen LogP contribution in [0.5, 0.6) is 11.5 Å². The molecule has 6 heteroatoms. The molecule has 0 aliphatic rings. The molecule has 112 valence electrons. The maximum Gasteiger partial charge on any atom is 0.387 e. The molecule has 0 heterocycles. The summed E-state index contributed by atoms with van der Waals surface area (Å²) < 4.78 is 35.2. The normalized spacial score (nSPS) is 10.5. The Balaban J connectivity index is 2.07. The highest BCUT2D eigenvalue weighted by atomic mass is 79.9. The molecule has 0 saturated carbocycles. The topological polar surface area (TPSA) is 30.5 Å². The van der Waals surface area contributed by atoms with Gasteiger partial charge in [0.1, 0.15) is 0 Å². The largest absolute Gasteiger partial charge is 0.493 e. The van der Waals surface area contributed by atoms with Gasteiger partial charge in [-0.15, -0.1) is 0 Å². The lowest BCUT2D eigenvalue weighted by molar-refractivity contribution is -0.0512. The van der Waals surface area contributed by atoms with Crippen LogP contribution in [0.3, 0.4) is 0 Å². The Morgan fingerprint density at radius 3 is 2.43 bits per heavy atom. The number of rotatable bonds is 6. The van der Waals surface area contributed by atoms with E-state index >= 15 is 0 Å². The van der Waals surface area contributed by atoms with Gasteiger partial charge in [-0.25, -0.2) is 0 Å². The first-order valence-corrected chi connectivity index (χ1v) is 6.99. The zero-order chi connectivity index (χ0) is 15.2. The summed E-state index contributed by atoms with van der Waals surface area (Å²) in [4.78, 5) is 0. The Bertz CT molecular complexity index is 591. The Hall–Kier alpha value is -1.82. The molecular weight excluding hydrogens is 344 g/mol. The number of anilines is 1. The van der Waals surface area contributed by atoms with Gasteiger partial charge < -0.3 is 14.8 Å². The van der Waals surface area contributed by atoms with Crippen LogP contribution in [0.2, 0.25) is 0 Å². The summed E-state index contributed by atoms with van der Waals surface area (Å²) in [6.07, 6.45) is 0. The van der Waals surface area contributed by atoms with Crippen molar-refractivity contribution in [3.63, 3.8) is 0 Å². The molecule has 0 aromatic heterocycles. The minimum absolute atomic E-state index is 0.0302. The van der Waals surface area contributed by atoms with Gasteiger partial charge in [-0.05, 0) is 42.0 Å². The summed E-state index contributed by atoms with van der Waals surface area (Å²) >= 11 is 3.36. The Kier molecular flexibility index (Phi) is 5.38. The van der Waals surface area contributed by atoms with Gasteiger partial charge in [0, 0.05) is 16.7 Å². The number of ether oxygens (including phenoxy) is 2. The molecule has 1 N–H and O–H groups in total. The molecule has 0 spiro atoms. The number of methoxy groups -OCH3 is 1. The second-order valence-corrected chi connectivity index (χ2v) is 5.14. The zero-order valence-corrected chi connectivity index (χ0v) is 12.9. The Labute approximate surface area is 130 Å². The smallest absolute Gasteiger partial charge is 0.387 e. The standard InChI is InChI=1S/C15H14BrF2NO2/c1-20-13-7-2-10(8-14(13)21-15(17)18)9-19-12-5-3-11(16)4-6-12/h2-8,15,19H,9H2,1H3. The van der Waals surface area contributed by atoms with Crippen molar-refractivity contribution in [3.05, 3.63) is 52.5 Å². The monoisotopic (exact) mass is 357 g/mol. The lowest BCUT2D eigenvalue weighted by Gasteiger charge is -2.12. The van der Waals surface area contributed by atoms with E-state index in [2.05, 4.69) is 26.0 Å². The van der Waals surface area contributed by atoms with Crippen LogP contribution >= 0.6 is 15.9 Å². The SMILES string of the molecule is COc1ccc(CNc2ccc(Br)cc2)cc1OC(F)F. The summed E-state index contributed by atoms with van der Waals surface area (Å²) in [5, 5.41) is 3.20. The van der Waals surface area contributed by atoms with E-state index in [1.54, 1.807) is 12.1 Å². The van der Waals surface area contributed by atoms with Gasteiger partial charge in [0.15, 0.2) is 11.5 Å². The van der Waals surface area contributed by atoms with Gasteiger partial charge in [0.05, 0.1) is 7.11 Å². The third-order valence-electron chi connectivity index (χ3n) is 2.78. The highest BCUT2D eigenvalue weighted by Crippen LogP contribution is 2.29. The van der Waals surface area contributed by atoms with Crippen molar-refractivity contribution in [2.45, 2.75) is 13.2 Å². The van der Waals surface area contributed by atoms with E-state index in [1.165, 1.54) is 13.2 Å². The molecular formula is C15H14BrF2NO2. The molecule has 0 aliphatic heterocycles. The van der Waals surface area contributed by atoms with Gasteiger partial charge in [0.25, 0.3) is 0 Å². The van der Waals surface area contributed by atoms with Gasteiger partial charge >= 0.3 is 6.61 Å². The fourth-order valence-electron chi connectivity index (χ4n) is 1.79. The fraction of sp³-hybridized carbons (Fsp3) is 0.200. The van der Waals surface area contributed by atoms with Crippen LogP contribution in [-0.4, -0.2) is 13.7 Å². The molecule has 3 nitrogen and oxygen atoms in total.